The number of hydrogen-bond donors (Lipinski definition) is 3. The molecule has 0 aliphatic rings. The molecule has 0 saturated heterocycles. The van der Waals surface area contributed by atoms with E-state index in [0.717, 1.165) is 5.56 Å². The van der Waals surface area contributed by atoms with Crippen molar-refractivity contribution in [2.75, 3.05) is 23.4 Å². The van der Waals surface area contributed by atoms with Gasteiger partial charge in [-0.1, -0.05) is 17.3 Å². The molecule has 2 rings (SSSR count). The molecule has 0 atom stereocenters. The van der Waals surface area contributed by atoms with E-state index in [4.69, 9.17) is 14.4 Å². The summed E-state index contributed by atoms with van der Waals surface area (Å²) >= 11 is 1.17. The van der Waals surface area contributed by atoms with Crippen LogP contribution in [0.4, 0.5) is 5.82 Å². The van der Waals surface area contributed by atoms with Gasteiger partial charge in [0.1, 0.15) is 11.5 Å². The van der Waals surface area contributed by atoms with Crippen molar-refractivity contribution in [3.8, 4) is 5.75 Å². The first-order valence-electron chi connectivity index (χ1n) is 7.93. The van der Waals surface area contributed by atoms with Gasteiger partial charge in [0, 0.05) is 12.6 Å². The molecule has 1 heterocycles. The summed E-state index contributed by atoms with van der Waals surface area (Å²) in [6.45, 7) is 1.56. The van der Waals surface area contributed by atoms with Gasteiger partial charge in [0.2, 0.25) is 11.8 Å². The highest BCUT2D eigenvalue weighted by molar-refractivity contribution is 8.00. The van der Waals surface area contributed by atoms with Crippen molar-refractivity contribution >= 4 is 35.4 Å². The van der Waals surface area contributed by atoms with Crippen LogP contribution in [0.5, 0.6) is 5.75 Å². The smallest absolute Gasteiger partial charge is 0.341 e. The van der Waals surface area contributed by atoms with Gasteiger partial charge in [-0.25, -0.2) is 4.79 Å². The zero-order valence-corrected chi connectivity index (χ0v) is 15.4. The van der Waals surface area contributed by atoms with Crippen LogP contribution in [0.2, 0.25) is 0 Å². The highest BCUT2D eigenvalue weighted by Gasteiger charge is 2.08. The van der Waals surface area contributed by atoms with Gasteiger partial charge < -0.3 is 25.0 Å². The summed E-state index contributed by atoms with van der Waals surface area (Å²) in [6, 6.07) is 8.39. The van der Waals surface area contributed by atoms with E-state index in [1.54, 1.807) is 37.3 Å². The van der Waals surface area contributed by atoms with Gasteiger partial charge in [0.05, 0.1) is 11.5 Å². The van der Waals surface area contributed by atoms with Gasteiger partial charge in [-0.3, -0.25) is 9.59 Å². The number of aromatic nitrogens is 1. The number of aliphatic carboxylic acids is 1. The van der Waals surface area contributed by atoms with E-state index >= 15 is 0 Å². The number of nitrogens with zero attached hydrogens (tertiary/aromatic N) is 1. The number of benzene rings is 1. The zero-order chi connectivity index (χ0) is 19.6. The summed E-state index contributed by atoms with van der Waals surface area (Å²) in [4.78, 5) is 34.1. The number of hydrogen-bond acceptors (Lipinski definition) is 7. The number of rotatable bonds is 10. The molecule has 0 saturated carbocycles. The normalized spacial score (nSPS) is 10.3. The molecule has 2 amide bonds. The minimum atomic E-state index is -1.06. The number of ether oxygens (including phenoxy) is 1. The lowest BCUT2D eigenvalue weighted by atomic mass is 10.2. The quantitative estimate of drug-likeness (QED) is 0.553. The van der Waals surface area contributed by atoms with E-state index in [1.165, 1.54) is 11.8 Å². The zero-order valence-electron chi connectivity index (χ0n) is 14.6. The van der Waals surface area contributed by atoms with Gasteiger partial charge >= 0.3 is 5.97 Å². The molecular formula is C17H19N3O6S. The third kappa shape index (κ3) is 7.82. The molecule has 27 heavy (non-hydrogen) atoms. The second-order valence-corrected chi connectivity index (χ2v) is 6.46. The largest absolute Gasteiger partial charge is 0.482 e. The van der Waals surface area contributed by atoms with Crippen molar-refractivity contribution in [1.82, 2.24) is 10.5 Å². The lowest BCUT2D eigenvalue weighted by molar-refractivity contribution is -0.139. The molecule has 3 N–H and O–H groups in total. The average Bonchev–Trinajstić information content (AvgIpc) is 3.03. The monoisotopic (exact) mass is 393 g/mol. The summed E-state index contributed by atoms with van der Waals surface area (Å²) in [5.41, 5.74) is 0.774. The van der Waals surface area contributed by atoms with E-state index < -0.39 is 12.6 Å². The van der Waals surface area contributed by atoms with E-state index in [-0.39, 0.29) is 29.9 Å². The lowest BCUT2D eigenvalue weighted by Crippen LogP contribution is -2.25. The molecule has 0 aliphatic heterocycles. The Morgan fingerprint density at radius 2 is 2.00 bits per heavy atom. The van der Waals surface area contributed by atoms with Crippen molar-refractivity contribution in [2.24, 2.45) is 0 Å². The topological polar surface area (TPSA) is 131 Å². The van der Waals surface area contributed by atoms with Crippen molar-refractivity contribution < 1.29 is 28.8 Å². The maximum absolute atomic E-state index is 11.9. The van der Waals surface area contributed by atoms with Crippen LogP contribution in [0.3, 0.4) is 0 Å². The second-order valence-electron chi connectivity index (χ2n) is 5.47. The van der Waals surface area contributed by atoms with Crippen LogP contribution in [-0.4, -0.2) is 46.2 Å². The minimum absolute atomic E-state index is 0.109. The third-order valence-electron chi connectivity index (χ3n) is 3.11. The predicted molar refractivity (Wildman–Crippen MR) is 98.6 cm³/mol. The van der Waals surface area contributed by atoms with Crippen molar-refractivity contribution in [1.29, 1.82) is 0 Å². The Kier molecular flexibility index (Phi) is 7.68. The summed E-state index contributed by atoms with van der Waals surface area (Å²) in [6.07, 6.45) is 0. The first kappa shape index (κ1) is 20.3. The Morgan fingerprint density at radius 1 is 1.22 bits per heavy atom. The van der Waals surface area contributed by atoms with Gasteiger partial charge in [-0.05, 0) is 24.6 Å². The van der Waals surface area contributed by atoms with Crippen LogP contribution < -0.4 is 15.4 Å². The Bertz CT molecular complexity index is 807. The van der Waals surface area contributed by atoms with Crippen molar-refractivity contribution in [3.05, 3.63) is 41.7 Å². The number of carbonyl (C=O) groups is 3. The standard InChI is InChI=1S/C17H19N3O6S/c1-11-5-14(20-26-11)19-16(22)10-27-9-15(21)18-7-12-3-2-4-13(6-12)25-8-17(23)24/h2-6H,7-10H2,1H3,(H,18,21)(H,23,24)(H,19,20,22). The van der Waals surface area contributed by atoms with Crippen molar-refractivity contribution in [2.45, 2.75) is 13.5 Å². The fraction of sp³-hybridized carbons (Fsp3) is 0.294. The highest BCUT2D eigenvalue weighted by atomic mass is 32.2. The second kappa shape index (κ2) is 10.2. The average molecular weight is 393 g/mol. The molecule has 9 nitrogen and oxygen atoms in total. The van der Waals surface area contributed by atoms with E-state index in [1.807, 2.05) is 0 Å². The third-order valence-corrected chi connectivity index (χ3v) is 4.04. The fourth-order valence-electron chi connectivity index (χ4n) is 1.98. The van der Waals surface area contributed by atoms with Crippen LogP contribution in [-0.2, 0) is 20.9 Å². The van der Waals surface area contributed by atoms with E-state index in [9.17, 15) is 14.4 Å². The molecule has 2 aromatic rings. The first-order valence-corrected chi connectivity index (χ1v) is 9.09. The molecule has 0 bridgehead atoms. The number of amides is 2. The Labute approximate surface area is 159 Å². The summed E-state index contributed by atoms with van der Waals surface area (Å²) < 4.78 is 9.93. The van der Waals surface area contributed by atoms with Crippen molar-refractivity contribution in [3.63, 3.8) is 0 Å². The molecule has 1 aromatic heterocycles. The van der Waals surface area contributed by atoms with E-state index in [2.05, 4.69) is 15.8 Å². The van der Waals surface area contributed by atoms with Crippen LogP contribution in [0, 0.1) is 6.92 Å². The molecule has 0 fully saturated rings. The number of carbonyl (C=O) groups excluding carboxylic acids is 2. The SMILES string of the molecule is Cc1cc(NC(=O)CSCC(=O)NCc2cccc(OCC(=O)O)c2)no1. The van der Waals surface area contributed by atoms with Gasteiger partial charge in [0.25, 0.3) is 0 Å². The number of thioether (sulfide) groups is 1. The summed E-state index contributed by atoms with van der Waals surface area (Å²) in [5.74, 6) is 0.0264. The summed E-state index contributed by atoms with van der Waals surface area (Å²) in [5, 5.41) is 17.6. The Morgan fingerprint density at radius 3 is 2.70 bits per heavy atom. The lowest BCUT2D eigenvalue weighted by Gasteiger charge is -2.08. The Balaban J connectivity index is 1.66. The number of anilines is 1. The van der Waals surface area contributed by atoms with Gasteiger partial charge in [-0.15, -0.1) is 11.8 Å². The Hall–Kier alpha value is -3.01. The van der Waals surface area contributed by atoms with Crippen LogP contribution in [0.25, 0.3) is 0 Å². The fourth-order valence-corrected chi connectivity index (χ4v) is 2.63. The minimum Gasteiger partial charge on any atom is -0.482 e. The number of carboxylic acids is 1. The van der Waals surface area contributed by atoms with E-state index in [0.29, 0.717) is 17.3 Å². The maximum Gasteiger partial charge on any atom is 0.341 e. The highest BCUT2D eigenvalue weighted by Crippen LogP contribution is 2.13. The molecular weight excluding hydrogens is 374 g/mol. The predicted octanol–water partition coefficient (Wildman–Crippen LogP) is 1.43. The molecule has 10 heteroatoms. The molecule has 144 valence electrons. The summed E-state index contributed by atoms with van der Waals surface area (Å²) in [7, 11) is 0. The molecule has 0 spiro atoms. The van der Waals surface area contributed by atoms with Crippen LogP contribution in [0.1, 0.15) is 11.3 Å². The van der Waals surface area contributed by atoms with Gasteiger partial charge in [-0.2, -0.15) is 0 Å². The molecule has 0 radical (unpaired) electrons. The maximum atomic E-state index is 11.9. The molecule has 1 aromatic carbocycles. The van der Waals surface area contributed by atoms with Crippen LogP contribution in [0.15, 0.2) is 34.9 Å². The number of carboxylic acid groups (broad SMARTS) is 1. The number of aryl methyl sites for hydroxylation is 1. The first-order chi connectivity index (χ1) is 12.9. The van der Waals surface area contributed by atoms with Crippen LogP contribution >= 0.6 is 11.8 Å². The molecule has 0 unspecified atom stereocenters. The van der Waals surface area contributed by atoms with Gasteiger partial charge in [0.15, 0.2) is 12.4 Å². The molecule has 0 aliphatic carbocycles. The number of nitrogens with one attached hydrogen (secondary N) is 2.